The first-order valence-corrected chi connectivity index (χ1v) is 10.2. The molecule has 0 fully saturated rings. The highest BCUT2D eigenvalue weighted by atomic mass is 32.2. The molecule has 2 aromatic carbocycles. The highest BCUT2D eigenvalue weighted by Gasteiger charge is 2.15. The van der Waals surface area contributed by atoms with Crippen molar-refractivity contribution in [3.63, 3.8) is 0 Å². The van der Waals surface area contributed by atoms with Gasteiger partial charge in [-0.2, -0.15) is 0 Å². The summed E-state index contributed by atoms with van der Waals surface area (Å²) >= 11 is 2.31. The van der Waals surface area contributed by atoms with Gasteiger partial charge in [0.25, 0.3) is 5.91 Å². The Morgan fingerprint density at radius 1 is 1.11 bits per heavy atom. The third kappa shape index (κ3) is 5.61. The van der Waals surface area contributed by atoms with E-state index in [4.69, 9.17) is 0 Å². The van der Waals surface area contributed by atoms with Gasteiger partial charge in [-0.15, -0.1) is 10.2 Å². The summed E-state index contributed by atoms with van der Waals surface area (Å²) in [5.41, 5.74) is 1.49. The first-order valence-electron chi connectivity index (χ1n) is 8.39. The van der Waals surface area contributed by atoms with Crippen molar-refractivity contribution in [1.29, 1.82) is 0 Å². The van der Waals surface area contributed by atoms with E-state index in [2.05, 4.69) is 20.8 Å². The monoisotopic (exact) mass is 416 g/mol. The van der Waals surface area contributed by atoms with Gasteiger partial charge in [-0.05, 0) is 36.8 Å². The SMILES string of the molecule is C[C@@H](NC(=O)CSc1nnc(C(=O)Nc2ccc(F)cc2)s1)c1ccccc1. The summed E-state index contributed by atoms with van der Waals surface area (Å²) in [7, 11) is 0. The maximum Gasteiger partial charge on any atom is 0.286 e. The van der Waals surface area contributed by atoms with Gasteiger partial charge in [0.2, 0.25) is 10.9 Å². The maximum absolute atomic E-state index is 12.9. The summed E-state index contributed by atoms with van der Waals surface area (Å²) in [6.45, 7) is 1.92. The fourth-order valence-electron chi connectivity index (χ4n) is 2.31. The lowest BCUT2D eigenvalue weighted by molar-refractivity contribution is -0.119. The molecule has 2 amide bonds. The molecule has 0 unspecified atom stereocenters. The van der Waals surface area contributed by atoms with E-state index >= 15 is 0 Å². The quantitative estimate of drug-likeness (QED) is 0.571. The normalized spacial score (nSPS) is 11.6. The molecule has 0 aliphatic rings. The zero-order valence-corrected chi connectivity index (χ0v) is 16.5. The van der Waals surface area contributed by atoms with Gasteiger partial charge >= 0.3 is 0 Å². The Labute approximate surface area is 169 Å². The lowest BCUT2D eigenvalue weighted by Crippen LogP contribution is -2.28. The van der Waals surface area contributed by atoms with Gasteiger partial charge in [0.15, 0.2) is 4.34 Å². The summed E-state index contributed by atoms with van der Waals surface area (Å²) in [6, 6.07) is 15.0. The zero-order chi connectivity index (χ0) is 19.9. The molecule has 1 aromatic heterocycles. The van der Waals surface area contributed by atoms with Gasteiger partial charge in [0, 0.05) is 5.69 Å². The Bertz CT molecular complexity index is 948. The average Bonchev–Trinajstić information content (AvgIpc) is 3.18. The summed E-state index contributed by atoms with van der Waals surface area (Å²) in [6.07, 6.45) is 0. The van der Waals surface area contributed by atoms with Crippen molar-refractivity contribution >= 4 is 40.6 Å². The van der Waals surface area contributed by atoms with E-state index in [0.717, 1.165) is 16.9 Å². The van der Waals surface area contributed by atoms with E-state index in [0.29, 0.717) is 10.0 Å². The molecule has 28 heavy (non-hydrogen) atoms. The van der Waals surface area contributed by atoms with E-state index in [1.54, 1.807) is 0 Å². The average molecular weight is 417 g/mol. The van der Waals surface area contributed by atoms with Gasteiger partial charge in [0.1, 0.15) is 5.82 Å². The third-order valence-electron chi connectivity index (χ3n) is 3.71. The summed E-state index contributed by atoms with van der Waals surface area (Å²) in [5, 5.41) is 13.5. The number of hydrogen-bond acceptors (Lipinski definition) is 6. The predicted octanol–water partition coefficient (Wildman–Crippen LogP) is 3.90. The topological polar surface area (TPSA) is 84.0 Å². The number of benzene rings is 2. The lowest BCUT2D eigenvalue weighted by Gasteiger charge is -2.13. The fourth-order valence-corrected chi connectivity index (χ4v) is 3.87. The number of rotatable bonds is 7. The molecule has 9 heteroatoms. The molecule has 3 rings (SSSR count). The van der Waals surface area contributed by atoms with Crippen molar-refractivity contribution in [2.24, 2.45) is 0 Å². The third-order valence-corrected chi connectivity index (χ3v) is 5.76. The smallest absolute Gasteiger partial charge is 0.286 e. The van der Waals surface area contributed by atoms with E-state index in [9.17, 15) is 14.0 Å². The molecule has 0 radical (unpaired) electrons. The molecule has 2 N–H and O–H groups in total. The van der Waals surface area contributed by atoms with Crippen molar-refractivity contribution in [2.75, 3.05) is 11.1 Å². The van der Waals surface area contributed by atoms with Crippen LogP contribution in [0.1, 0.15) is 28.3 Å². The Morgan fingerprint density at radius 2 is 1.82 bits per heavy atom. The number of anilines is 1. The first kappa shape index (κ1) is 20.0. The Hall–Kier alpha value is -2.78. The van der Waals surface area contributed by atoms with Crippen LogP contribution in [0.15, 0.2) is 58.9 Å². The van der Waals surface area contributed by atoms with Crippen LogP contribution < -0.4 is 10.6 Å². The van der Waals surface area contributed by atoms with E-state index in [1.165, 1.54) is 36.0 Å². The molecule has 1 heterocycles. The molecule has 0 aliphatic carbocycles. The van der Waals surface area contributed by atoms with Crippen LogP contribution in [-0.2, 0) is 4.79 Å². The van der Waals surface area contributed by atoms with Crippen LogP contribution in [0.2, 0.25) is 0 Å². The second-order valence-electron chi connectivity index (χ2n) is 5.82. The first-order chi connectivity index (χ1) is 13.5. The van der Waals surface area contributed by atoms with E-state index in [1.807, 2.05) is 37.3 Å². The molecule has 3 aromatic rings. The van der Waals surface area contributed by atoms with Crippen LogP contribution in [0.4, 0.5) is 10.1 Å². The van der Waals surface area contributed by atoms with Crippen LogP contribution in [0, 0.1) is 5.82 Å². The Kier molecular flexibility index (Phi) is 6.72. The number of hydrogen-bond donors (Lipinski definition) is 2. The number of nitrogens with one attached hydrogen (secondary N) is 2. The second kappa shape index (κ2) is 9.43. The second-order valence-corrected chi connectivity index (χ2v) is 8.02. The molecule has 144 valence electrons. The minimum absolute atomic E-state index is 0.0965. The molecular weight excluding hydrogens is 399 g/mol. The maximum atomic E-state index is 12.9. The number of carbonyl (C=O) groups is 2. The molecule has 1 atom stereocenters. The van der Waals surface area contributed by atoms with Crippen LogP contribution in [0.3, 0.4) is 0 Å². The Morgan fingerprint density at radius 3 is 2.54 bits per heavy atom. The van der Waals surface area contributed by atoms with Crippen LogP contribution in [0.5, 0.6) is 0 Å². The number of carbonyl (C=O) groups excluding carboxylic acids is 2. The van der Waals surface area contributed by atoms with Crippen LogP contribution in [0.25, 0.3) is 0 Å². The highest BCUT2D eigenvalue weighted by Crippen LogP contribution is 2.23. The molecule has 6 nitrogen and oxygen atoms in total. The van der Waals surface area contributed by atoms with Gasteiger partial charge < -0.3 is 10.6 Å². The van der Waals surface area contributed by atoms with Gasteiger partial charge in [-0.3, -0.25) is 9.59 Å². The highest BCUT2D eigenvalue weighted by molar-refractivity contribution is 8.01. The van der Waals surface area contributed by atoms with Gasteiger partial charge in [0.05, 0.1) is 11.8 Å². The number of aromatic nitrogens is 2. The minimum atomic E-state index is -0.432. The van der Waals surface area contributed by atoms with Crippen molar-refractivity contribution in [3.05, 3.63) is 71.0 Å². The standard InChI is InChI=1S/C19H17FN4O2S2/c1-12(13-5-3-2-4-6-13)21-16(25)11-27-19-24-23-18(28-19)17(26)22-15-9-7-14(20)8-10-15/h2-10,12H,11H2,1H3,(H,21,25)(H,22,26)/t12-/m1/s1. The molecule has 0 saturated heterocycles. The molecular formula is C19H17FN4O2S2. The number of thioether (sulfide) groups is 1. The minimum Gasteiger partial charge on any atom is -0.349 e. The fraction of sp³-hybridized carbons (Fsp3) is 0.158. The lowest BCUT2D eigenvalue weighted by atomic mass is 10.1. The summed E-state index contributed by atoms with van der Waals surface area (Å²) < 4.78 is 13.4. The van der Waals surface area contributed by atoms with Crippen molar-refractivity contribution in [2.45, 2.75) is 17.3 Å². The molecule has 0 spiro atoms. The Balaban J connectivity index is 1.49. The largest absolute Gasteiger partial charge is 0.349 e. The van der Waals surface area contributed by atoms with E-state index in [-0.39, 0.29) is 28.5 Å². The summed E-state index contributed by atoms with van der Waals surface area (Å²) in [4.78, 5) is 24.3. The van der Waals surface area contributed by atoms with Crippen LogP contribution >= 0.6 is 23.1 Å². The number of amides is 2. The molecule has 0 aliphatic heterocycles. The summed E-state index contributed by atoms with van der Waals surface area (Å²) in [5.74, 6) is -0.773. The van der Waals surface area contributed by atoms with Gasteiger partial charge in [-0.25, -0.2) is 4.39 Å². The van der Waals surface area contributed by atoms with Crippen molar-refractivity contribution in [1.82, 2.24) is 15.5 Å². The number of halogens is 1. The van der Waals surface area contributed by atoms with Crippen molar-refractivity contribution < 1.29 is 14.0 Å². The van der Waals surface area contributed by atoms with Gasteiger partial charge in [-0.1, -0.05) is 53.4 Å². The molecule has 0 saturated carbocycles. The van der Waals surface area contributed by atoms with Crippen LogP contribution in [-0.4, -0.2) is 27.8 Å². The van der Waals surface area contributed by atoms with E-state index < -0.39 is 5.91 Å². The van der Waals surface area contributed by atoms with Crippen molar-refractivity contribution in [3.8, 4) is 0 Å². The number of nitrogens with zero attached hydrogens (tertiary/aromatic N) is 2. The molecule has 0 bridgehead atoms. The predicted molar refractivity (Wildman–Crippen MR) is 108 cm³/mol. The zero-order valence-electron chi connectivity index (χ0n) is 14.9.